The van der Waals surface area contributed by atoms with E-state index in [0.29, 0.717) is 6.04 Å². The number of amides is 1. The molecule has 5 heteroatoms. The molecule has 4 unspecified atom stereocenters. The Hall–Kier alpha value is -1.62. The highest BCUT2D eigenvalue weighted by atomic mass is 16.2. The Bertz CT molecular complexity index is 660. The Kier molecular flexibility index (Phi) is 10.5. The summed E-state index contributed by atoms with van der Waals surface area (Å²) in [4.78, 5) is 27.5. The van der Waals surface area contributed by atoms with Crippen LogP contribution in [-0.2, 0) is 9.59 Å². The zero-order valence-corrected chi connectivity index (χ0v) is 21.5. The molecule has 5 nitrogen and oxygen atoms in total. The predicted molar refractivity (Wildman–Crippen MR) is 131 cm³/mol. The number of nitrogens with one attached hydrogen (secondary N) is 2. The van der Waals surface area contributed by atoms with Crippen molar-refractivity contribution in [1.29, 1.82) is 0 Å². The molecule has 1 aliphatic heterocycles. The van der Waals surface area contributed by atoms with Gasteiger partial charge in [0.2, 0.25) is 5.91 Å². The van der Waals surface area contributed by atoms with Gasteiger partial charge in [0.15, 0.2) is 5.78 Å². The van der Waals surface area contributed by atoms with E-state index in [4.69, 9.17) is 0 Å². The van der Waals surface area contributed by atoms with Gasteiger partial charge in [-0.2, -0.15) is 0 Å². The normalized spacial score (nSPS) is 21.4. The lowest BCUT2D eigenvalue weighted by Gasteiger charge is -2.41. The van der Waals surface area contributed by atoms with Gasteiger partial charge in [0.25, 0.3) is 0 Å². The Morgan fingerprint density at radius 1 is 1.13 bits per heavy atom. The summed E-state index contributed by atoms with van der Waals surface area (Å²) in [5.74, 6) is 0.446. The highest BCUT2D eigenvalue weighted by Gasteiger charge is 2.36. The van der Waals surface area contributed by atoms with Crippen molar-refractivity contribution < 1.29 is 9.59 Å². The van der Waals surface area contributed by atoms with E-state index in [-0.39, 0.29) is 41.1 Å². The summed E-state index contributed by atoms with van der Waals surface area (Å²) in [5.41, 5.74) is 1.33. The molecule has 0 radical (unpaired) electrons. The van der Waals surface area contributed by atoms with Crippen molar-refractivity contribution in [2.45, 2.75) is 112 Å². The van der Waals surface area contributed by atoms with E-state index >= 15 is 0 Å². The number of nitrogens with zero attached hydrogens (tertiary/aromatic N) is 1. The van der Waals surface area contributed by atoms with E-state index in [9.17, 15) is 9.59 Å². The fourth-order valence-corrected chi connectivity index (χ4v) is 4.15. The summed E-state index contributed by atoms with van der Waals surface area (Å²) in [6.45, 7) is 23.7. The van der Waals surface area contributed by atoms with Crippen LogP contribution in [0.25, 0.3) is 0 Å². The van der Waals surface area contributed by atoms with Crippen molar-refractivity contribution in [3.8, 4) is 0 Å². The first-order valence-electron chi connectivity index (χ1n) is 12.0. The fourth-order valence-electron chi connectivity index (χ4n) is 4.15. The summed E-state index contributed by atoms with van der Waals surface area (Å²) in [6.07, 6.45) is 6.17. The van der Waals surface area contributed by atoms with Crippen LogP contribution in [0.5, 0.6) is 0 Å². The highest BCUT2D eigenvalue weighted by Crippen LogP contribution is 2.26. The van der Waals surface area contributed by atoms with Crippen molar-refractivity contribution in [3.63, 3.8) is 0 Å². The molecule has 0 aromatic carbocycles. The number of piperidine rings is 1. The maximum absolute atomic E-state index is 13.4. The van der Waals surface area contributed by atoms with Crippen molar-refractivity contribution in [1.82, 2.24) is 15.5 Å². The lowest BCUT2D eigenvalue weighted by atomic mass is 9.84. The maximum Gasteiger partial charge on any atom is 0.237 e. The molecule has 1 amide bonds. The van der Waals surface area contributed by atoms with E-state index in [1.165, 1.54) is 0 Å². The molecule has 1 saturated heterocycles. The van der Waals surface area contributed by atoms with Gasteiger partial charge < -0.3 is 10.6 Å². The van der Waals surface area contributed by atoms with Gasteiger partial charge in [-0.05, 0) is 63.5 Å². The molecule has 1 heterocycles. The van der Waals surface area contributed by atoms with Crippen LogP contribution in [0.1, 0.15) is 88.0 Å². The van der Waals surface area contributed by atoms with Gasteiger partial charge in [0.1, 0.15) is 0 Å². The van der Waals surface area contributed by atoms with Crippen LogP contribution in [0.2, 0.25) is 0 Å². The van der Waals surface area contributed by atoms with Gasteiger partial charge >= 0.3 is 0 Å². The molecule has 0 aliphatic carbocycles. The van der Waals surface area contributed by atoms with E-state index in [1.807, 2.05) is 13.0 Å². The minimum atomic E-state index is -0.215. The minimum Gasteiger partial charge on any atom is -0.381 e. The lowest BCUT2D eigenvalue weighted by Crippen LogP contribution is -2.57. The average Bonchev–Trinajstić information content (AvgIpc) is 2.69. The standard InChI is InChI=1S/C26H47N3O2/c1-11-19(5)29-15-13-12-14-23(29)25(31)28-24(26(8,9)10)20(6)27-22(17(2)3)16-18(4)21(7)30/h16-17,19,22-24,27H,6,11-15H2,1-5,7-10H3,(H,28,31)/b18-16+. The number of allylic oxidation sites excluding steroid dienone is 1. The molecule has 4 atom stereocenters. The molecular formula is C26H47N3O2. The summed E-state index contributed by atoms with van der Waals surface area (Å²) >= 11 is 0. The second-order valence-corrected chi connectivity index (χ2v) is 10.7. The van der Waals surface area contributed by atoms with E-state index in [2.05, 4.69) is 70.6 Å². The summed E-state index contributed by atoms with van der Waals surface area (Å²) < 4.78 is 0. The first-order chi connectivity index (χ1) is 14.3. The molecule has 2 N–H and O–H groups in total. The Morgan fingerprint density at radius 3 is 2.23 bits per heavy atom. The smallest absolute Gasteiger partial charge is 0.237 e. The van der Waals surface area contributed by atoms with Gasteiger partial charge in [-0.1, -0.05) is 60.6 Å². The molecule has 0 bridgehead atoms. The van der Waals surface area contributed by atoms with Gasteiger partial charge in [0.05, 0.1) is 12.1 Å². The number of hydrogen-bond donors (Lipinski definition) is 2. The third-order valence-electron chi connectivity index (χ3n) is 6.56. The summed E-state index contributed by atoms with van der Waals surface area (Å²) in [5, 5.41) is 6.84. The van der Waals surface area contributed by atoms with Gasteiger partial charge in [-0.3, -0.25) is 14.5 Å². The number of Topliss-reactive ketones (excluding diaryl/α,β-unsaturated/α-hetero) is 1. The summed E-state index contributed by atoms with van der Waals surface area (Å²) in [7, 11) is 0. The first kappa shape index (κ1) is 27.4. The minimum absolute atomic E-state index is 0.0237. The third kappa shape index (κ3) is 8.10. The van der Waals surface area contributed by atoms with E-state index in [1.54, 1.807) is 6.92 Å². The van der Waals surface area contributed by atoms with Crippen LogP contribution < -0.4 is 10.6 Å². The second-order valence-electron chi connectivity index (χ2n) is 10.7. The predicted octanol–water partition coefficient (Wildman–Crippen LogP) is 4.83. The molecule has 0 aromatic rings. The Labute approximate surface area is 191 Å². The molecule has 0 spiro atoms. The number of rotatable bonds is 10. The van der Waals surface area contributed by atoms with Gasteiger partial charge in [0, 0.05) is 17.8 Å². The highest BCUT2D eigenvalue weighted by molar-refractivity contribution is 5.92. The van der Waals surface area contributed by atoms with Gasteiger partial charge in [-0.15, -0.1) is 0 Å². The van der Waals surface area contributed by atoms with Crippen molar-refractivity contribution in [2.24, 2.45) is 11.3 Å². The molecule has 1 rings (SSSR count). The van der Waals surface area contributed by atoms with Crippen LogP contribution in [0, 0.1) is 11.3 Å². The zero-order valence-electron chi connectivity index (χ0n) is 21.5. The SMILES string of the molecule is C=C(NC(/C=C(\C)C(C)=O)C(C)C)C(NC(=O)C1CCCCN1C(C)CC)C(C)(C)C. The van der Waals surface area contributed by atoms with Crippen LogP contribution in [0.3, 0.4) is 0 Å². The number of ketones is 1. The number of carbonyl (C=O) groups excluding carboxylic acids is 2. The molecule has 178 valence electrons. The molecule has 0 saturated carbocycles. The Balaban J connectivity index is 3.04. The monoisotopic (exact) mass is 433 g/mol. The molecule has 1 fully saturated rings. The fraction of sp³-hybridized carbons (Fsp3) is 0.769. The maximum atomic E-state index is 13.4. The van der Waals surface area contributed by atoms with Crippen molar-refractivity contribution in [3.05, 3.63) is 23.9 Å². The van der Waals surface area contributed by atoms with Crippen LogP contribution in [-0.4, -0.2) is 47.3 Å². The average molecular weight is 434 g/mol. The molecule has 0 aromatic heterocycles. The van der Waals surface area contributed by atoms with Crippen LogP contribution in [0.4, 0.5) is 0 Å². The van der Waals surface area contributed by atoms with Crippen LogP contribution in [0.15, 0.2) is 23.9 Å². The lowest BCUT2D eigenvalue weighted by molar-refractivity contribution is -0.130. The van der Waals surface area contributed by atoms with Gasteiger partial charge in [-0.25, -0.2) is 0 Å². The van der Waals surface area contributed by atoms with Crippen LogP contribution >= 0.6 is 0 Å². The Morgan fingerprint density at radius 2 is 1.74 bits per heavy atom. The molecule has 31 heavy (non-hydrogen) atoms. The van der Waals surface area contributed by atoms with E-state index in [0.717, 1.165) is 43.5 Å². The van der Waals surface area contributed by atoms with Crippen molar-refractivity contribution >= 4 is 11.7 Å². The molecule has 1 aliphatic rings. The number of hydrogen-bond acceptors (Lipinski definition) is 4. The second kappa shape index (κ2) is 11.8. The molecular weight excluding hydrogens is 386 g/mol. The number of likely N-dealkylation sites (tertiary alicyclic amines) is 1. The van der Waals surface area contributed by atoms with E-state index < -0.39 is 0 Å². The summed E-state index contributed by atoms with van der Waals surface area (Å²) in [6, 6.07) is 0.0787. The topological polar surface area (TPSA) is 61.4 Å². The zero-order chi connectivity index (χ0) is 23.9. The number of carbonyl (C=O) groups is 2. The quantitative estimate of drug-likeness (QED) is 0.484. The van der Waals surface area contributed by atoms with Crippen molar-refractivity contribution in [2.75, 3.05) is 6.54 Å². The first-order valence-corrected chi connectivity index (χ1v) is 12.0. The third-order valence-corrected chi connectivity index (χ3v) is 6.56. The largest absolute Gasteiger partial charge is 0.381 e.